The van der Waals surface area contributed by atoms with Gasteiger partial charge in [-0.3, -0.25) is 14.5 Å². The quantitative estimate of drug-likeness (QED) is 0.0584. The van der Waals surface area contributed by atoms with Gasteiger partial charge < -0.3 is 15.8 Å². The van der Waals surface area contributed by atoms with E-state index in [1.807, 2.05) is 0 Å². The van der Waals surface area contributed by atoms with Crippen LogP contribution >= 0.6 is 23.5 Å². The largest absolute Gasteiger partial charge is 0.434 e. The molecule has 9 nitrogen and oxygen atoms in total. The summed E-state index contributed by atoms with van der Waals surface area (Å²) in [5.41, 5.74) is 8.76. The summed E-state index contributed by atoms with van der Waals surface area (Å²) in [6.07, 6.45) is 16.9. The highest BCUT2D eigenvalue weighted by atomic mass is 35.5. The number of hydrogen-bond acceptors (Lipinski definition) is 9. The van der Waals surface area contributed by atoms with Crippen molar-refractivity contribution in [1.29, 1.82) is 0 Å². The van der Waals surface area contributed by atoms with E-state index in [1.54, 1.807) is 33.2 Å². The Labute approximate surface area is 246 Å². The second-order valence-electron chi connectivity index (χ2n) is 8.06. The number of allylic oxidation sites excluding steroid dienone is 5. The maximum absolute atomic E-state index is 14.1. The maximum Gasteiger partial charge on any atom is 0.219 e. The van der Waals surface area contributed by atoms with Crippen LogP contribution in [0.25, 0.3) is 5.69 Å². The number of nitrogen functional groups attached to an aromatic ring is 1. The Morgan fingerprint density at radius 2 is 2.02 bits per heavy atom. The number of carbonyl (C=O) groups is 1. The lowest BCUT2D eigenvalue weighted by Crippen LogP contribution is -2.10. The van der Waals surface area contributed by atoms with Crippen molar-refractivity contribution in [2.24, 2.45) is 0 Å². The average molecular weight is 603 g/mol. The van der Waals surface area contributed by atoms with Crippen molar-refractivity contribution in [2.45, 2.75) is 13.8 Å². The van der Waals surface area contributed by atoms with Crippen LogP contribution in [0.15, 0.2) is 71.9 Å². The van der Waals surface area contributed by atoms with Crippen molar-refractivity contribution in [3.05, 3.63) is 93.9 Å². The molecule has 3 rings (SSSR count). The number of aryl methyl sites for hydroxylation is 1. The molecule has 0 amide bonds. The highest BCUT2D eigenvalue weighted by molar-refractivity contribution is 7.96. The van der Waals surface area contributed by atoms with Crippen LogP contribution in [0.5, 0.6) is 11.6 Å². The van der Waals surface area contributed by atoms with Crippen LogP contribution in [0, 0.1) is 25.6 Å². The van der Waals surface area contributed by atoms with E-state index in [1.165, 1.54) is 65.5 Å². The standard InChI is InChI=1S/C26H27ClF2N6O3S.C2H2/c1-15-10-24(37-25-20(27)6-5-7-21(25)28)32-14-22(15)35-26(30)19(13-33-35)23(36)9-8-17(16(2)31-3)11-18(38-29)12-34-39-4;1-2/h5-11,13-14,31,34H,12,30H2,1-4H3;1-2H/b9-8+,17-16+,18-11+;. The predicted molar refractivity (Wildman–Crippen MR) is 159 cm³/mol. The van der Waals surface area contributed by atoms with Gasteiger partial charge in [-0.25, -0.2) is 14.1 Å². The molecule has 0 unspecified atom stereocenters. The highest BCUT2D eigenvalue weighted by Crippen LogP contribution is 2.32. The Hall–Kier alpha value is -4.31. The zero-order chi connectivity index (χ0) is 30.5. The zero-order valence-corrected chi connectivity index (χ0v) is 24.3. The average Bonchev–Trinajstić information content (AvgIpc) is 3.36. The molecule has 3 aromatic rings. The third-order valence-corrected chi connectivity index (χ3v) is 6.24. The first-order valence-electron chi connectivity index (χ1n) is 11.8. The number of carbonyl (C=O) groups excluding carboxylic acids is 1. The highest BCUT2D eigenvalue weighted by Gasteiger charge is 2.17. The van der Waals surface area contributed by atoms with Gasteiger partial charge in [-0.15, -0.1) is 12.8 Å². The fraction of sp³-hybridized carbons (Fsp3) is 0.179. The molecule has 4 N–H and O–H groups in total. The Morgan fingerprint density at radius 1 is 1.29 bits per heavy atom. The molecular weight excluding hydrogens is 574 g/mol. The van der Waals surface area contributed by atoms with Gasteiger partial charge in [0.1, 0.15) is 5.82 Å². The number of para-hydroxylation sites is 1. The molecule has 0 saturated carbocycles. The first kappa shape index (κ1) is 32.9. The second kappa shape index (κ2) is 16.1. The number of aromatic nitrogens is 3. The number of ketones is 1. The predicted octanol–water partition coefficient (Wildman–Crippen LogP) is 5.88. The summed E-state index contributed by atoms with van der Waals surface area (Å²) in [7, 11) is 1.70. The number of ether oxygens (including phenoxy) is 1. The Morgan fingerprint density at radius 3 is 2.63 bits per heavy atom. The normalized spacial score (nSPS) is 11.9. The van der Waals surface area contributed by atoms with Crippen LogP contribution in [-0.2, 0) is 4.94 Å². The third kappa shape index (κ3) is 8.59. The number of anilines is 1. The number of halogens is 3. The van der Waals surface area contributed by atoms with E-state index in [2.05, 4.69) is 37.9 Å². The molecule has 0 bridgehead atoms. The molecule has 0 aliphatic rings. The van der Waals surface area contributed by atoms with Crippen LogP contribution in [0.2, 0.25) is 5.02 Å². The Balaban J connectivity index is 0.00000287. The van der Waals surface area contributed by atoms with Crippen molar-refractivity contribution in [1.82, 2.24) is 24.8 Å². The molecule has 13 heteroatoms. The van der Waals surface area contributed by atoms with Crippen LogP contribution in [-0.4, -0.2) is 40.4 Å². The summed E-state index contributed by atoms with van der Waals surface area (Å²) >= 11 is 7.34. The van der Waals surface area contributed by atoms with Gasteiger partial charge in [-0.05, 0) is 61.6 Å². The number of pyridine rings is 1. The van der Waals surface area contributed by atoms with E-state index >= 15 is 0 Å². The first-order valence-corrected chi connectivity index (χ1v) is 13.4. The molecule has 0 fully saturated rings. The number of nitrogens with two attached hydrogens (primary N) is 1. The lowest BCUT2D eigenvalue weighted by atomic mass is 10.1. The second-order valence-corrected chi connectivity index (χ2v) is 9.16. The molecule has 1 aromatic carbocycles. The number of nitrogens with zero attached hydrogens (tertiary/aromatic N) is 3. The zero-order valence-electron chi connectivity index (χ0n) is 22.7. The molecule has 41 heavy (non-hydrogen) atoms. The van der Waals surface area contributed by atoms with Crippen molar-refractivity contribution < 1.29 is 23.4 Å². The van der Waals surface area contributed by atoms with Gasteiger partial charge in [-0.2, -0.15) is 5.10 Å². The van der Waals surface area contributed by atoms with E-state index in [9.17, 15) is 13.7 Å². The van der Waals surface area contributed by atoms with Gasteiger partial charge in [0.15, 0.2) is 23.1 Å². The summed E-state index contributed by atoms with van der Waals surface area (Å²) in [5.74, 6) is -0.945. The van der Waals surface area contributed by atoms with Crippen molar-refractivity contribution in [3.63, 3.8) is 0 Å². The molecule has 0 atom stereocenters. The molecule has 0 spiro atoms. The Kier molecular flexibility index (Phi) is 12.9. The van der Waals surface area contributed by atoms with Crippen LogP contribution < -0.4 is 20.5 Å². The molecule has 0 saturated heterocycles. The van der Waals surface area contributed by atoms with E-state index in [4.69, 9.17) is 22.1 Å². The van der Waals surface area contributed by atoms with Crippen LogP contribution in [0.1, 0.15) is 22.8 Å². The van der Waals surface area contributed by atoms with Gasteiger partial charge in [0.2, 0.25) is 5.88 Å². The molecule has 0 aliphatic heterocycles. The van der Waals surface area contributed by atoms with Gasteiger partial charge >= 0.3 is 0 Å². The minimum atomic E-state index is -0.623. The SMILES string of the molecule is C#C.CN/C(C)=C(\C=C\C(=O)c1cnn(-c2cnc(Oc3c(F)cccc3Cl)cc2C)c1N)/C=C(\CNSC)OF. The van der Waals surface area contributed by atoms with E-state index in [0.717, 1.165) is 0 Å². The summed E-state index contributed by atoms with van der Waals surface area (Å²) in [6.45, 7) is 3.67. The van der Waals surface area contributed by atoms with E-state index in [-0.39, 0.29) is 40.3 Å². The fourth-order valence-electron chi connectivity index (χ4n) is 3.32. The molecule has 2 aromatic heterocycles. The lowest BCUT2D eigenvalue weighted by Gasteiger charge is -2.11. The summed E-state index contributed by atoms with van der Waals surface area (Å²) in [4.78, 5) is 21.1. The van der Waals surface area contributed by atoms with Gasteiger partial charge in [0.05, 0.1) is 35.2 Å². The monoisotopic (exact) mass is 602 g/mol. The third-order valence-electron chi connectivity index (χ3n) is 5.51. The smallest absolute Gasteiger partial charge is 0.219 e. The number of hydrogen-bond donors (Lipinski definition) is 3. The van der Waals surface area contributed by atoms with Gasteiger partial charge in [0.25, 0.3) is 0 Å². The molecule has 0 aliphatic carbocycles. The summed E-state index contributed by atoms with van der Waals surface area (Å²) < 4.78 is 36.8. The van der Waals surface area contributed by atoms with E-state index in [0.29, 0.717) is 22.5 Å². The summed E-state index contributed by atoms with van der Waals surface area (Å²) in [5, 5.41) is 7.31. The fourth-order valence-corrected chi connectivity index (χ4v) is 3.81. The first-order chi connectivity index (χ1) is 19.7. The number of benzene rings is 1. The van der Waals surface area contributed by atoms with Gasteiger partial charge in [0, 0.05) is 23.3 Å². The van der Waals surface area contributed by atoms with Crippen LogP contribution in [0.3, 0.4) is 0 Å². The lowest BCUT2D eigenvalue weighted by molar-refractivity contribution is -0.0841. The molecule has 216 valence electrons. The van der Waals surface area contributed by atoms with Crippen molar-refractivity contribution in [2.75, 3.05) is 25.6 Å². The minimum Gasteiger partial charge on any atom is -0.434 e. The summed E-state index contributed by atoms with van der Waals surface area (Å²) in [6, 6.07) is 5.77. The Bertz CT molecular complexity index is 1470. The topological polar surface area (TPSA) is 116 Å². The molecular formula is C28H29ClF2N6O3S. The van der Waals surface area contributed by atoms with Gasteiger partial charge in [-0.1, -0.05) is 29.6 Å². The maximum atomic E-state index is 14.1. The number of nitrogens with one attached hydrogen (secondary N) is 2. The minimum absolute atomic E-state index is 0.0334. The van der Waals surface area contributed by atoms with Crippen LogP contribution in [0.4, 0.5) is 14.7 Å². The molecule has 0 radical (unpaired) electrons. The number of rotatable bonds is 12. The van der Waals surface area contributed by atoms with Crippen molar-refractivity contribution in [3.8, 4) is 30.2 Å². The van der Waals surface area contributed by atoms with E-state index < -0.39 is 11.6 Å². The molecule has 2 heterocycles. The van der Waals surface area contributed by atoms with Crippen molar-refractivity contribution >= 4 is 35.1 Å². The number of terminal acetylenes is 1.